The van der Waals surface area contributed by atoms with E-state index in [1.54, 1.807) is 25.9 Å². The lowest BCUT2D eigenvalue weighted by molar-refractivity contribution is -0.127. The van der Waals surface area contributed by atoms with Crippen molar-refractivity contribution in [3.63, 3.8) is 0 Å². The van der Waals surface area contributed by atoms with E-state index >= 15 is 0 Å². The number of nitrogens with zero attached hydrogens (tertiary/aromatic N) is 2. The van der Waals surface area contributed by atoms with Gasteiger partial charge in [0.1, 0.15) is 5.76 Å². The number of aryl methyl sites for hydroxylation is 1. The molecule has 4 amide bonds. The van der Waals surface area contributed by atoms with Gasteiger partial charge in [0.15, 0.2) is 0 Å². The summed E-state index contributed by atoms with van der Waals surface area (Å²) in [6.45, 7) is 2.66. The van der Waals surface area contributed by atoms with E-state index in [-0.39, 0.29) is 17.9 Å². The monoisotopic (exact) mass is 322 g/mol. The Morgan fingerprint density at radius 1 is 1.30 bits per heavy atom. The number of urea groups is 1. The van der Waals surface area contributed by atoms with E-state index in [1.807, 2.05) is 0 Å². The van der Waals surface area contributed by atoms with Crippen molar-refractivity contribution in [2.24, 2.45) is 5.92 Å². The summed E-state index contributed by atoms with van der Waals surface area (Å²) in [4.78, 5) is 39.2. The van der Waals surface area contributed by atoms with Gasteiger partial charge in [-0.2, -0.15) is 0 Å². The molecule has 8 heteroatoms. The molecule has 1 saturated heterocycles. The number of furan rings is 1. The molecule has 2 N–H and O–H groups in total. The lowest BCUT2D eigenvalue weighted by Gasteiger charge is -2.33. The number of rotatable bonds is 2. The highest BCUT2D eigenvalue weighted by molar-refractivity contribution is 5.96. The smallest absolute Gasteiger partial charge is 0.319 e. The van der Waals surface area contributed by atoms with Crippen molar-refractivity contribution in [3.8, 4) is 0 Å². The lowest BCUT2D eigenvalue weighted by atomic mass is 9.97. The second kappa shape index (κ2) is 7.17. The zero-order chi connectivity index (χ0) is 17.0. The fourth-order valence-electron chi connectivity index (χ4n) is 2.56. The van der Waals surface area contributed by atoms with Gasteiger partial charge in [-0.25, -0.2) is 4.79 Å². The van der Waals surface area contributed by atoms with E-state index in [2.05, 4.69) is 10.9 Å². The number of hydrogen-bond donors (Lipinski definition) is 2. The van der Waals surface area contributed by atoms with Gasteiger partial charge in [0.05, 0.1) is 17.7 Å². The van der Waals surface area contributed by atoms with E-state index in [0.29, 0.717) is 30.8 Å². The molecule has 0 spiro atoms. The van der Waals surface area contributed by atoms with E-state index in [1.165, 1.54) is 17.2 Å². The Hall–Kier alpha value is -2.51. The fourth-order valence-corrected chi connectivity index (χ4v) is 2.56. The summed E-state index contributed by atoms with van der Waals surface area (Å²) in [7, 11) is 3.36. The first-order valence-corrected chi connectivity index (χ1v) is 7.50. The van der Waals surface area contributed by atoms with Crippen LogP contribution in [0.5, 0.6) is 0 Å². The average molecular weight is 322 g/mol. The van der Waals surface area contributed by atoms with Crippen LogP contribution in [0.3, 0.4) is 0 Å². The van der Waals surface area contributed by atoms with E-state index in [9.17, 15) is 14.4 Å². The minimum absolute atomic E-state index is 0.111. The molecule has 8 nitrogen and oxygen atoms in total. The van der Waals surface area contributed by atoms with Gasteiger partial charge < -0.3 is 14.2 Å². The van der Waals surface area contributed by atoms with E-state index in [4.69, 9.17) is 4.42 Å². The molecule has 1 aromatic rings. The highest BCUT2D eigenvalue weighted by Gasteiger charge is 2.29. The first-order valence-electron chi connectivity index (χ1n) is 7.50. The Kier molecular flexibility index (Phi) is 5.25. The second-order valence-corrected chi connectivity index (χ2v) is 5.80. The molecule has 0 aromatic carbocycles. The van der Waals surface area contributed by atoms with Crippen LogP contribution in [-0.2, 0) is 4.79 Å². The Bertz CT molecular complexity index is 596. The average Bonchev–Trinajstić information content (AvgIpc) is 2.97. The zero-order valence-corrected chi connectivity index (χ0v) is 13.6. The molecular formula is C15H22N4O4. The van der Waals surface area contributed by atoms with Crippen molar-refractivity contribution in [1.29, 1.82) is 0 Å². The molecule has 1 aromatic heterocycles. The molecule has 0 bridgehead atoms. The maximum Gasteiger partial charge on any atom is 0.319 e. The minimum atomic E-state index is -0.429. The van der Waals surface area contributed by atoms with Crippen LogP contribution in [0.2, 0.25) is 0 Å². The highest BCUT2D eigenvalue weighted by atomic mass is 16.3. The summed E-state index contributed by atoms with van der Waals surface area (Å²) < 4.78 is 5.05. The normalized spacial score (nSPS) is 17.5. The number of piperidine rings is 1. The number of carbonyl (C=O) groups is 3. The fraction of sp³-hybridized carbons (Fsp3) is 0.533. The molecule has 126 valence electrons. The maximum atomic E-state index is 12.2. The third kappa shape index (κ3) is 4.02. The van der Waals surface area contributed by atoms with Crippen LogP contribution in [0.15, 0.2) is 16.7 Å². The summed E-state index contributed by atoms with van der Waals surface area (Å²) in [5.74, 6) is -0.576. The molecule has 1 fully saturated rings. The summed E-state index contributed by atoms with van der Waals surface area (Å²) in [5, 5.41) is 0. The van der Waals surface area contributed by atoms with E-state index in [0.717, 1.165) is 6.42 Å². The van der Waals surface area contributed by atoms with Gasteiger partial charge in [-0.15, -0.1) is 0 Å². The highest BCUT2D eigenvalue weighted by Crippen LogP contribution is 2.17. The van der Waals surface area contributed by atoms with Crippen molar-refractivity contribution < 1.29 is 18.8 Å². The third-order valence-corrected chi connectivity index (χ3v) is 3.85. The molecule has 1 atom stereocenters. The Labute approximate surface area is 134 Å². The van der Waals surface area contributed by atoms with Crippen molar-refractivity contribution in [1.82, 2.24) is 20.7 Å². The number of hydrazine groups is 1. The van der Waals surface area contributed by atoms with Crippen LogP contribution in [0.25, 0.3) is 0 Å². The van der Waals surface area contributed by atoms with Gasteiger partial charge in [-0.1, -0.05) is 0 Å². The Morgan fingerprint density at radius 2 is 2.04 bits per heavy atom. The van der Waals surface area contributed by atoms with Crippen molar-refractivity contribution in [3.05, 3.63) is 23.7 Å². The number of hydrogen-bond acceptors (Lipinski definition) is 4. The molecule has 23 heavy (non-hydrogen) atoms. The summed E-state index contributed by atoms with van der Waals surface area (Å²) in [6, 6.07) is 1.43. The Balaban J connectivity index is 1.87. The molecule has 1 aliphatic rings. The van der Waals surface area contributed by atoms with Gasteiger partial charge in [0.2, 0.25) is 5.91 Å². The van der Waals surface area contributed by atoms with Crippen LogP contribution in [0, 0.1) is 12.8 Å². The third-order valence-electron chi connectivity index (χ3n) is 3.85. The molecule has 2 rings (SSSR count). The molecule has 1 unspecified atom stereocenters. The van der Waals surface area contributed by atoms with Crippen LogP contribution >= 0.6 is 0 Å². The molecule has 0 saturated carbocycles. The molecule has 2 heterocycles. The largest absolute Gasteiger partial charge is 0.469 e. The molecule has 0 aliphatic carbocycles. The van der Waals surface area contributed by atoms with Gasteiger partial charge in [0, 0.05) is 27.2 Å². The van der Waals surface area contributed by atoms with Crippen molar-refractivity contribution >= 4 is 17.8 Å². The van der Waals surface area contributed by atoms with Crippen LogP contribution < -0.4 is 10.9 Å². The summed E-state index contributed by atoms with van der Waals surface area (Å²) in [6.07, 6.45) is 2.86. The van der Waals surface area contributed by atoms with Crippen LogP contribution in [-0.4, -0.2) is 54.8 Å². The predicted molar refractivity (Wildman–Crippen MR) is 82.4 cm³/mol. The van der Waals surface area contributed by atoms with E-state index < -0.39 is 5.91 Å². The topological polar surface area (TPSA) is 94.9 Å². The van der Waals surface area contributed by atoms with Gasteiger partial charge >= 0.3 is 6.03 Å². The SMILES string of the molecule is Cc1occc1C(=O)NNC(=O)C1CCCN(C(=O)N(C)C)C1. The van der Waals surface area contributed by atoms with Gasteiger partial charge in [-0.05, 0) is 25.8 Å². The molecule has 0 radical (unpaired) electrons. The van der Waals surface area contributed by atoms with Crippen molar-refractivity contribution in [2.45, 2.75) is 19.8 Å². The lowest BCUT2D eigenvalue weighted by Crippen LogP contribution is -2.51. The number of carbonyl (C=O) groups excluding carboxylic acids is 3. The number of amides is 4. The molecule has 1 aliphatic heterocycles. The predicted octanol–water partition coefficient (Wildman–Crippen LogP) is 0.743. The van der Waals surface area contributed by atoms with Crippen LogP contribution in [0.1, 0.15) is 29.0 Å². The number of likely N-dealkylation sites (tertiary alicyclic amines) is 1. The summed E-state index contributed by atoms with van der Waals surface area (Å²) in [5.41, 5.74) is 5.18. The second-order valence-electron chi connectivity index (χ2n) is 5.80. The number of nitrogens with one attached hydrogen (secondary N) is 2. The molecular weight excluding hydrogens is 300 g/mol. The van der Waals surface area contributed by atoms with Gasteiger partial charge in [0.25, 0.3) is 5.91 Å². The van der Waals surface area contributed by atoms with Crippen LogP contribution in [0.4, 0.5) is 4.79 Å². The first kappa shape index (κ1) is 16.9. The minimum Gasteiger partial charge on any atom is -0.469 e. The quantitative estimate of drug-likeness (QED) is 0.785. The first-order chi connectivity index (χ1) is 10.9. The summed E-state index contributed by atoms with van der Waals surface area (Å²) >= 11 is 0. The standard InChI is InChI=1S/C15H22N4O4/c1-10-12(6-8-23-10)14(21)17-16-13(20)11-5-4-7-19(9-11)15(22)18(2)3/h6,8,11H,4-5,7,9H2,1-3H3,(H,16,20)(H,17,21). The van der Waals surface area contributed by atoms with Gasteiger partial charge in [-0.3, -0.25) is 20.4 Å². The zero-order valence-electron chi connectivity index (χ0n) is 13.6. The van der Waals surface area contributed by atoms with Crippen molar-refractivity contribution in [2.75, 3.05) is 27.2 Å². The maximum absolute atomic E-state index is 12.2. The Morgan fingerprint density at radius 3 is 2.65 bits per heavy atom.